The van der Waals surface area contributed by atoms with Crippen LogP contribution in [0.1, 0.15) is 15.9 Å². The number of carbonyl (C=O) groups excluding carboxylic acids is 2. The fraction of sp³-hybridized carbons (Fsp3) is 0.200. The zero-order chi connectivity index (χ0) is 11.4. The summed E-state index contributed by atoms with van der Waals surface area (Å²) in [5, 5.41) is 0.422. The third kappa shape index (κ3) is 3.04. The van der Waals surface area contributed by atoms with Gasteiger partial charge in [-0.25, -0.2) is 0 Å². The third-order valence-corrected chi connectivity index (χ3v) is 3.12. The molecule has 0 saturated heterocycles. The molecule has 0 bridgehead atoms. The third-order valence-electron chi connectivity index (χ3n) is 1.82. The predicted octanol–water partition coefficient (Wildman–Crippen LogP) is 2.63. The average Bonchev–Trinajstić information content (AvgIpc) is 2.24. The second-order valence-electron chi connectivity index (χ2n) is 2.85. The van der Waals surface area contributed by atoms with Gasteiger partial charge < -0.3 is 4.74 Å². The lowest BCUT2D eigenvalue weighted by Crippen LogP contribution is -2.05. The van der Waals surface area contributed by atoms with Crippen molar-refractivity contribution in [3.05, 3.63) is 32.8 Å². The highest BCUT2D eigenvalue weighted by Crippen LogP contribution is 2.28. The van der Waals surface area contributed by atoms with Gasteiger partial charge in [-0.15, -0.1) is 0 Å². The monoisotopic (exact) mass is 290 g/mol. The molecule has 80 valence electrons. The molecular weight excluding hydrogens is 283 g/mol. The van der Waals surface area contributed by atoms with Gasteiger partial charge in [0.05, 0.1) is 18.6 Å². The van der Waals surface area contributed by atoms with Crippen molar-refractivity contribution >= 4 is 39.8 Å². The van der Waals surface area contributed by atoms with Gasteiger partial charge in [0.15, 0.2) is 0 Å². The number of carbonyl (C=O) groups is 2. The number of hydrogen-bond donors (Lipinski definition) is 0. The smallest absolute Gasteiger partial charge is 0.310 e. The standard InChI is InChI=1S/C10H8BrClO3/c1-15-9(14)4-7-2-6(5-13)3-8(11)10(7)12/h2-3,5H,4H2,1H3. The summed E-state index contributed by atoms with van der Waals surface area (Å²) in [6, 6.07) is 3.16. The van der Waals surface area contributed by atoms with Crippen molar-refractivity contribution in [2.24, 2.45) is 0 Å². The minimum absolute atomic E-state index is 0.0512. The number of ether oxygens (including phenoxy) is 1. The molecule has 1 aromatic rings. The number of rotatable bonds is 3. The van der Waals surface area contributed by atoms with Gasteiger partial charge in [-0.1, -0.05) is 11.6 Å². The highest BCUT2D eigenvalue weighted by Gasteiger charge is 2.11. The number of esters is 1. The number of hydrogen-bond acceptors (Lipinski definition) is 3. The topological polar surface area (TPSA) is 43.4 Å². The van der Waals surface area contributed by atoms with Gasteiger partial charge in [-0.2, -0.15) is 0 Å². The van der Waals surface area contributed by atoms with E-state index in [9.17, 15) is 9.59 Å². The van der Waals surface area contributed by atoms with E-state index < -0.39 is 5.97 Å². The first-order valence-electron chi connectivity index (χ1n) is 4.08. The zero-order valence-corrected chi connectivity index (χ0v) is 10.3. The highest BCUT2D eigenvalue weighted by atomic mass is 79.9. The van der Waals surface area contributed by atoms with Crippen molar-refractivity contribution in [1.29, 1.82) is 0 Å². The van der Waals surface area contributed by atoms with Crippen LogP contribution in [0.25, 0.3) is 0 Å². The second kappa shape index (κ2) is 5.28. The van der Waals surface area contributed by atoms with Crippen molar-refractivity contribution in [3.8, 4) is 0 Å². The molecule has 0 saturated carbocycles. The lowest BCUT2D eigenvalue weighted by atomic mass is 10.1. The minimum atomic E-state index is -0.396. The highest BCUT2D eigenvalue weighted by molar-refractivity contribution is 9.10. The van der Waals surface area contributed by atoms with E-state index in [1.807, 2.05) is 0 Å². The van der Waals surface area contributed by atoms with Gasteiger partial charge >= 0.3 is 5.97 Å². The predicted molar refractivity (Wildman–Crippen MR) is 60.3 cm³/mol. The molecule has 1 aromatic carbocycles. The molecule has 0 aliphatic rings. The summed E-state index contributed by atoms with van der Waals surface area (Å²) in [6.45, 7) is 0. The molecule has 0 aliphatic carbocycles. The molecule has 3 nitrogen and oxygen atoms in total. The first-order chi connectivity index (χ1) is 7.08. The molecular formula is C10H8BrClO3. The fourth-order valence-electron chi connectivity index (χ4n) is 1.09. The van der Waals surface area contributed by atoms with Crippen molar-refractivity contribution in [2.45, 2.75) is 6.42 Å². The Hall–Kier alpha value is -0.870. The van der Waals surface area contributed by atoms with E-state index in [1.165, 1.54) is 7.11 Å². The first-order valence-corrected chi connectivity index (χ1v) is 5.25. The van der Waals surface area contributed by atoms with Gasteiger partial charge in [0, 0.05) is 10.0 Å². The van der Waals surface area contributed by atoms with E-state index >= 15 is 0 Å². The fourth-order valence-corrected chi connectivity index (χ4v) is 1.79. The summed E-state index contributed by atoms with van der Waals surface area (Å²) >= 11 is 9.16. The number of aldehydes is 1. The Balaban J connectivity index is 3.10. The molecule has 0 radical (unpaired) electrons. The largest absolute Gasteiger partial charge is 0.469 e. The first kappa shape index (κ1) is 12.2. The number of benzene rings is 1. The maximum atomic E-state index is 11.1. The molecule has 0 N–H and O–H groups in total. The Morgan fingerprint density at radius 3 is 2.80 bits per heavy atom. The van der Waals surface area contributed by atoms with Crippen LogP contribution in [-0.4, -0.2) is 19.4 Å². The van der Waals surface area contributed by atoms with Gasteiger partial charge in [0.25, 0.3) is 0 Å². The number of halogens is 2. The summed E-state index contributed by atoms with van der Waals surface area (Å²) in [6.07, 6.45) is 0.748. The average molecular weight is 292 g/mol. The molecule has 0 spiro atoms. The minimum Gasteiger partial charge on any atom is -0.469 e. The molecule has 0 unspecified atom stereocenters. The Kier molecular flexibility index (Phi) is 4.29. The van der Waals surface area contributed by atoms with Crippen molar-refractivity contribution < 1.29 is 14.3 Å². The maximum absolute atomic E-state index is 11.1. The van der Waals surface area contributed by atoms with Crippen molar-refractivity contribution in [1.82, 2.24) is 0 Å². The Bertz CT molecular complexity index is 404. The second-order valence-corrected chi connectivity index (χ2v) is 4.08. The van der Waals surface area contributed by atoms with Gasteiger partial charge in [0.1, 0.15) is 6.29 Å². The Morgan fingerprint density at radius 2 is 2.27 bits per heavy atom. The SMILES string of the molecule is COC(=O)Cc1cc(C=O)cc(Br)c1Cl. The van der Waals surface area contributed by atoms with Crippen LogP contribution >= 0.6 is 27.5 Å². The molecule has 0 aliphatic heterocycles. The summed E-state index contributed by atoms with van der Waals surface area (Å²) in [7, 11) is 1.30. The molecule has 5 heteroatoms. The zero-order valence-electron chi connectivity index (χ0n) is 7.92. The van der Waals surface area contributed by atoms with E-state index in [1.54, 1.807) is 12.1 Å². The summed E-state index contributed by atoms with van der Waals surface area (Å²) in [4.78, 5) is 21.7. The Labute approximate surface area is 100 Å². The van der Waals surface area contributed by atoms with Gasteiger partial charge in [0.2, 0.25) is 0 Å². The van der Waals surface area contributed by atoms with Crippen molar-refractivity contribution in [2.75, 3.05) is 7.11 Å². The van der Waals surface area contributed by atoms with Crippen LogP contribution in [0.15, 0.2) is 16.6 Å². The van der Waals surface area contributed by atoms with Crippen molar-refractivity contribution in [3.63, 3.8) is 0 Å². The lowest BCUT2D eigenvalue weighted by molar-refractivity contribution is -0.139. The van der Waals surface area contributed by atoms with Crippen LogP contribution in [0, 0.1) is 0 Å². The summed E-state index contributed by atoms with van der Waals surface area (Å²) in [5.41, 5.74) is 1.03. The van der Waals surface area contributed by atoms with Crippen LogP contribution in [0.4, 0.5) is 0 Å². The van der Waals surface area contributed by atoms with Crippen LogP contribution in [0.3, 0.4) is 0 Å². The van der Waals surface area contributed by atoms with E-state index in [4.69, 9.17) is 11.6 Å². The van der Waals surface area contributed by atoms with E-state index in [-0.39, 0.29) is 6.42 Å². The molecule has 1 rings (SSSR count). The van der Waals surface area contributed by atoms with Crippen LogP contribution < -0.4 is 0 Å². The van der Waals surface area contributed by atoms with Crippen LogP contribution in [0.2, 0.25) is 5.02 Å². The maximum Gasteiger partial charge on any atom is 0.310 e. The Morgan fingerprint density at radius 1 is 1.60 bits per heavy atom. The summed E-state index contributed by atoms with van der Waals surface area (Å²) < 4.78 is 5.11. The normalized spacial score (nSPS) is 9.80. The van der Waals surface area contributed by atoms with E-state index in [2.05, 4.69) is 20.7 Å². The number of methoxy groups -OCH3 is 1. The van der Waals surface area contributed by atoms with Crippen LogP contribution in [0.5, 0.6) is 0 Å². The van der Waals surface area contributed by atoms with E-state index in [0.29, 0.717) is 26.9 Å². The molecule has 0 amide bonds. The molecule has 0 fully saturated rings. The molecule has 0 heterocycles. The van der Waals surface area contributed by atoms with Crippen LogP contribution in [-0.2, 0) is 16.0 Å². The molecule has 15 heavy (non-hydrogen) atoms. The van der Waals surface area contributed by atoms with Gasteiger partial charge in [-0.05, 0) is 33.6 Å². The molecule has 0 atom stereocenters. The van der Waals surface area contributed by atoms with E-state index in [0.717, 1.165) is 0 Å². The molecule has 0 aromatic heterocycles. The quantitative estimate of drug-likeness (QED) is 0.635. The van der Waals surface area contributed by atoms with Gasteiger partial charge in [-0.3, -0.25) is 9.59 Å². The lowest BCUT2D eigenvalue weighted by Gasteiger charge is -2.06. The summed E-state index contributed by atoms with van der Waals surface area (Å²) in [5.74, 6) is -0.396.